The van der Waals surface area contributed by atoms with Gasteiger partial charge < -0.3 is 9.47 Å². The van der Waals surface area contributed by atoms with E-state index in [1.165, 1.54) is 0 Å². The van der Waals surface area contributed by atoms with Crippen molar-refractivity contribution in [2.24, 2.45) is 0 Å². The molecule has 2 rings (SSSR count). The smallest absolute Gasteiger partial charge is 0.231 e. The Hall–Kier alpha value is -1.22. The summed E-state index contributed by atoms with van der Waals surface area (Å²) in [5, 5.41) is 0.577. The van der Waals surface area contributed by atoms with Crippen molar-refractivity contribution in [1.29, 1.82) is 0 Å². The van der Waals surface area contributed by atoms with Crippen LogP contribution in [-0.4, -0.2) is 12.6 Å². The summed E-state index contributed by atoms with van der Waals surface area (Å²) in [4.78, 5) is 11.3. The number of benzene rings is 1. The Bertz CT molecular complexity index is 466. The molecular formula is C13H15ClO3. The zero-order chi connectivity index (χ0) is 12.6. The van der Waals surface area contributed by atoms with Crippen LogP contribution in [0.5, 0.6) is 11.5 Å². The van der Waals surface area contributed by atoms with Crippen LogP contribution in [-0.2, 0) is 11.2 Å². The van der Waals surface area contributed by atoms with Gasteiger partial charge in [0.2, 0.25) is 6.79 Å². The first-order chi connectivity index (χ1) is 8.00. The normalized spacial score (nSPS) is 13.2. The average molecular weight is 255 g/mol. The van der Waals surface area contributed by atoms with E-state index in [-0.39, 0.29) is 18.5 Å². The molecule has 1 aromatic rings. The maximum Gasteiger partial charge on any atom is 0.231 e. The highest BCUT2D eigenvalue weighted by molar-refractivity contribution is 6.32. The minimum atomic E-state index is 0.0904. The van der Waals surface area contributed by atoms with E-state index in [0.717, 1.165) is 16.9 Å². The van der Waals surface area contributed by atoms with Crippen LogP contribution in [0.2, 0.25) is 5.02 Å². The molecule has 92 valence electrons. The number of carbonyl (C=O) groups is 1. The van der Waals surface area contributed by atoms with Crippen LogP contribution in [0.1, 0.15) is 37.8 Å². The minimum absolute atomic E-state index is 0.0904. The predicted molar refractivity (Wildman–Crippen MR) is 66.0 cm³/mol. The molecule has 3 nitrogen and oxygen atoms in total. The lowest BCUT2D eigenvalue weighted by atomic mass is 9.93. The molecule has 1 aliphatic rings. The highest BCUT2D eigenvalue weighted by Crippen LogP contribution is 2.44. The van der Waals surface area contributed by atoms with E-state index >= 15 is 0 Å². The standard InChI is InChI=1S/C13H15ClO3/c1-7(2)12-9(4-8(3)15)10(14)5-11-13(12)17-6-16-11/h5,7H,4,6H2,1-3H3. The quantitative estimate of drug-likeness (QED) is 0.830. The average Bonchev–Trinajstić information content (AvgIpc) is 2.64. The lowest BCUT2D eigenvalue weighted by Gasteiger charge is -2.16. The van der Waals surface area contributed by atoms with Crippen molar-refractivity contribution in [3.8, 4) is 11.5 Å². The highest BCUT2D eigenvalue weighted by atomic mass is 35.5. The summed E-state index contributed by atoms with van der Waals surface area (Å²) < 4.78 is 10.8. The van der Waals surface area contributed by atoms with E-state index in [1.54, 1.807) is 13.0 Å². The lowest BCUT2D eigenvalue weighted by Crippen LogP contribution is -2.05. The number of Topliss-reactive ketones (excluding diaryl/α,β-unsaturated/α-hetero) is 1. The van der Waals surface area contributed by atoms with Crippen LogP contribution >= 0.6 is 11.6 Å². The van der Waals surface area contributed by atoms with Gasteiger partial charge in [0.15, 0.2) is 11.5 Å². The van der Waals surface area contributed by atoms with E-state index in [2.05, 4.69) is 13.8 Å². The SMILES string of the molecule is CC(=O)Cc1c(Cl)cc2c(c1C(C)C)OCO2. The van der Waals surface area contributed by atoms with E-state index in [1.807, 2.05) is 0 Å². The summed E-state index contributed by atoms with van der Waals surface area (Å²) >= 11 is 6.21. The number of halogens is 1. The van der Waals surface area contributed by atoms with Gasteiger partial charge >= 0.3 is 0 Å². The molecule has 1 aliphatic heterocycles. The maximum absolute atomic E-state index is 11.3. The zero-order valence-corrected chi connectivity index (χ0v) is 10.9. The number of rotatable bonds is 3. The first-order valence-corrected chi connectivity index (χ1v) is 5.98. The van der Waals surface area contributed by atoms with Gasteiger partial charge in [-0.25, -0.2) is 0 Å². The zero-order valence-electron chi connectivity index (χ0n) is 10.2. The molecule has 0 atom stereocenters. The molecule has 0 saturated heterocycles. The summed E-state index contributed by atoms with van der Waals surface area (Å²) in [6.07, 6.45) is 0.336. The van der Waals surface area contributed by atoms with Gasteiger partial charge in [0.05, 0.1) is 0 Å². The number of fused-ring (bicyclic) bond motifs is 1. The minimum Gasteiger partial charge on any atom is -0.454 e. The first kappa shape index (κ1) is 12.2. The van der Waals surface area contributed by atoms with Crippen molar-refractivity contribution in [1.82, 2.24) is 0 Å². The van der Waals surface area contributed by atoms with Gasteiger partial charge in [-0.15, -0.1) is 0 Å². The molecule has 0 spiro atoms. The van der Waals surface area contributed by atoms with Gasteiger partial charge in [0.25, 0.3) is 0 Å². The second kappa shape index (κ2) is 4.57. The molecular weight excluding hydrogens is 240 g/mol. The fourth-order valence-electron chi connectivity index (χ4n) is 2.11. The van der Waals surface area contributed by atoms with Crippen molar-refractivity contribution in [3.05, 3.63) is 22.2 Å². The van der Waals surface area contributed by atoms with Gasteiger partial charge in [-0.3, -0.25) is 4.79 Å². The highest BCUT2D eigenvalue weighted by Gasteiger charge is 2.25. The predicted octanol–water partition coefficient (Wildman–Crippen LogP) is 3.32. The molecule has 0 aliphatic carbocycles. The maximum atomic E-state index is 11.3. The fourth-order valence-corrected chi connectivity index (χ4v) is 2.38. The number of ketones is 1. The van der Waals surface area contributed by atoms with Crippen LogP contribution < -0.4 is 9.47 Å². The summed E-state index contributed by atoms with van der Waals surface area (Å²) in [6, 6.07) is 1.73. The summed E-state index contributed by atoms with van der Waals surface area (Å²) in [7, 11) is 0. The van der Waals surface area contributed by atoms with Crippen molar-refractivity contribution < 1.29 is 14.3 Å². The van der Waals surface area contributed by atoms with E-state index in [4.69, 9.17) is 21.1 Å². The molecule has 1 aromatic carbocycles. The van der Waals surface area contributed by atoms with Gasteiger partial charge in [0.1, 0.15) is 5.78 Å². The monoisotopic (exact) mass is 254 g/mol. The summed E-state index contributed by atoms with van der Waals surface area (Å²) in [5.41, 5.74) is 1.85. The van der Waals surface area contributed by atoms with Crippen LogP contribution in [0, 0.1) is 0 Å². The molecule has 0 bridgehead atoms. The molecule has 0 aromatic heterocycles. The number of carbonyl (C=O) groups excluding carboxylic acids is 1. The molecule has 0 N–H and O–H groups in total. The molecule has 17 heavy (non-hydrogen) atoms. The molecule has 0 amide bonds. The van der Waals surface area contributed by atoms with E-state index in [0.29, 0.717) is 17.2 Å². The van der Waals surface area contributed by atoms with Gasteiger partial charge in [-0.2, -0.15) is 0 Å². The molecule has 0 saturated carbocycles. The number of hydrogen-bond donors (Lipinski definition) is 0. The van der Waals surface area contributed by atoms with Gasteiger partial charge in [0, 0.05) is 23.1 Å². The Labute approximate surface area is 106 Å². The van der Waals surface area contributed by atoms with Crippen LogP contribution in [0.15, 0.2) is 6.07 Å². The van der Waals surface area contributed by atoms with Gasteiger partial charge in [-0.05, 0) is 18.4 Å². The second-order valence-corrected chi connectivity index (χ2v) is 4.93. The van der Waals surface area contributed by atoms with Gasteiger partial charge in [-0.1, -0.05) is 25.4 Å². The topological polar surface area (TPSA) is 35.5 Å². The Morgan fingerprint density at radius 2 is 2.18 bits per heavy atom. The van der Waals surface area contributed by atoms with E-state index in [9.17, 15) is 4.79 Å². The molecule has 0 unspecified atom stereocenters. The van der Waals surface area contributed by atoms with Crippen molar-refractivity contribution in [3.63, 3.8) is 0 Å². The van der Waals surface area contributed by atoms with Crippen LogP contribution in [0.4, 0.5) is 0 Å². The Morgan fingerprint density at radius 3 is 2.76 bits per heavy atom. The Balaban J connectivity index is 2.60. The summed E-state index contributed by atoms with van der Waals surface area (Å²) in [5.74, 6) is 1.73. The third kappa shape index (κ3) is 2.25. The fraction of sp³-hybridized carbons (Fsp3) is 0.462. The molecule has 1 heterocycles. The number of hydrogen-bond acceptors (Lipinski definition) is 3. The van der Waals surface area contributed by atoms with E-state index < -0.39 is 0 Å². The molecule has 4 heteroatoms. The molecule has 0 radical (unpaired) electrons. The Morgan fingerprint density at radius 1 is 1.47 bits per heavy atom. The number of ether oxygens (including phenoxy) is 2. The first-order valence-electron chi connectivity index (χ1n) is 5.61. The lowest BCUT2D eigenvalue weighted by molar-refractivity contribution is -0.116. The third-order valence-electron chi connectivity index (χ3n) is 2.76. The van der Waals surface area contributed by atoms with Crippen molar-refractivity contribution >= 4 is 17.4 Å². The van der Waals surface area contributed by atoms with Crippen LogP contribution in [0.3, 0.4) is 0 Å². The van der Waals surface area contributed by atoms with Crippen LogP contribution in [0.25, 0.3) is 0 Å². The Kier molecular flexibility index (Phi) is 3.29. The molecule has 0 fully saturated rings. The summed E-state index contributed by atoms with van der Waals surface area (Å²) in [6.45, 7) is 5.88. The largest absolute Gasteiger partial charge is 0.454 e. The second-order valence-electron chi connectivity index (χ2n) is 4.52. The van der Waals surface area contributed by atoms with Crippen molar-refractivity contribution in [2.45, 2.75) is 33.1 Å². The van der Waals surface area contributed by atoms with Crippen molar-refractivity contribution in [2.75, 3.05) is 6.79 Å². The third-order valence-corrected chi connectivity index (χ3v) is 3.10.